The highest BCUT2D eigenvalue weighted by Crippen LogP contribution is 2.45. The molecule has 1 saturated carbocycles. The third-order valence-electron chi connectivity index (χ3n) is 3.60. The summed E-state index contributed by atoms with van der Waals surface area (Å²) in [6.45, 7) is -0.246. The summed E-state index contributed by atoms with van der Waals surface area (Å²) in [4.78, 5) is 11.7. The van der Waals surface area contributed by atoms with Gasteiger partial charge in [-0.05, 0) is 43.5 Å². The molecule has 0 aromatic heterocycles. The lowest BCUT2D eigenvalue weighted by atomic mass is 9.76. The van der Waals surface area contributed by atoms with E-state index in [1.54, 1.807) is 24.3 Å². The minimum atomic E-state index is -4.42. The van der Waals surface area contributed by atoms with Gasteiger partial charge in [0.25, 0.3) is 0 Å². The zero-order valence-corrected chi connectivity index (χ0v) is 11.1. The Morgan fingerprint density at radius 2 is 1.90 bits per heavy atom. The normalized spacial score (nSPS) is 16.5. The van der Waals surface area contributed by atoms with Crippen molar-refractivity contribution in [2.75, 3.05) is 11.9 Å². The Bertz CT molecular complexity index is 556. The van der Waals surface area contributed by atoms with Crippen LogP contribution in [-0.2, 0) is 4.79 Å². The molecule has 112 valence electrons. The first kappa shape index (κ1) is 15.2. The van der Waals surface area contributed by atoms with E-state index in [2.05, 4.69) is 10.6 Å². The van der Waals surface area contributed by atoms with Crippen molar-refractivity contribution < 1.29 is 18.0 Å². The van der Waals surface area contributed by atoms with Crippen LogP contribution in [0.5, 0.6) is 0 Å². The first-order chi connectivity index (χ1) is 9.86. The third kappa shape index (κ3) is 3.27. The lowest BCUT2D eigenvalue weighted by Gasteiger charge is -2.43. The Morgan fingerprint density at radius 3 is 2.33 bits per heavy atom. The van der Waals surface area contributed by atoms with Crippen molar-refractivity contribution in [3.8, 4) is 6.07 Å². The Hall–Kier alpha value is -2.23. The van der Waals surface area contributed by atoms with Gasteiger partial charge in [0.15, 0.2) is 0 Å². The monoisotopic (exact) mass is 297 g/mol. The molecule has 0 saturated heterocycles. The van der Waals surface area contributed by atoms with Gasteiger partial charge in [0.2, 0.25) is 5.91 Å². The molecule has 4 nitrogen and oxygen atoms in total. The molecule has 1 aromatic rings. The van der Waals surface area contributed by atoms with E-state index in [4.69, 9.17) is 5.26 Å². The van der Waals surface area contributed by atoms with Gasteiger partial charge in [-0.3, -0.25) is 4.79 Å². The van der Waals surface area contributed by atoms with Crippen LogP contribution in [0.4, 0.5) is 18.9 Å². The van der Waals surface area contributed by atoms with Crippen molar-refractivity contribution in [1.29, 1.82) is 5.26 Å². The van der Waals surface area contributed by atoms with Crippen LogP contribution in [0.3, 0.4) is 0 Å². The van der Waals surface area contributed by atoms with Gasteiger partial charge in [-0.25, -0.2) is 0 Å². The number of nitrogens with one attached hydrogen (secondary N) is 2. The number of alkyl halides is 3. The molecule has 0 radical (unpaired) electrons. The predicted octanol–water partition coefficient (Wildman–Crippen LogP) is 2.57. The molecule has 1 aromatic carbocycles. The van der Waals surface area contributed by atoms with Crippen molar-refractivity contribution in [1.82, 2.24) is 5.32 Å². The lowest BCUT2D eigenvalue weighted by molar-refractivity contribution is -0.219. The minimum Gasteiger partial charge on any atom is -0.376 e. The van der Waals surface area contributed by atoms with Crippen LogP contribution < -0.4 is 10.6 Å². The Kier molecular flexibility index (Phi) is 4.07. The van der Waals surface area contributed by atoms with Gasteiger partial charge in [0.05, 0.1) is 18.2 Å². The molecule has 1 aliphatic rings. The highest BCUT2D eigenvalue weighted by molar-refractivity contribution is 5.81. The van der Waals surface area contributed by atoms with E-state index in [9.17, 15) is 18.0 Å². The molecule has 0 spiro atoms. The number of benzene rings is 1. The second-order valence-electron chi connectivity index (χ2n) is 5.02. The predicted molar refractivity (Wildman–Crippen MR) is 70.4 cm³/mol. The zero-order chi connectivity index (χ0) is 15.5. The molecule has 21 heavy (non-hydrogen) atoms. The summed E-state index contributed by atoms with van der Waals surface area (Å²) < 4.78 is 38.7. The number of anilines is 1. The highest BCUT2D eigenvalue weighted by atomic mass is 19.4. The average Bonchev–Trinajstić information content (AvgIpc) is 2.39. The third-order valence-corrected chi connectivity index (χ3v) is 3.60. The van der Waals surface area contributed by atoms with E-state index >= 15 is 0 Å². The van der Waals surface area contributed by atoms with Crippen LogP contribution in [0.15, 0.2) is 24.3 Å². The fraction of sp³-hybridized carbons (Fsp3) is 0.429. The van der Waals surface area contributed by atoms with E-state index in [1.807, 2.05) is 6.07 Å². The first-order valence-corrected chi connectivity index (χ1v) is 6.48. The standard InChI is InChI=1S/C14H14F3N3O/c15-14(16,17)13(6-1-7-13)20-12(21)9-19-11-4-2-10(8-18)3-5-11/h2-5,19H,1,6-7,9H2,(H,20,21). The molecule has 0 bridgehead atoms. The summed E-state index contributed by atoms with van der Waals surface area (Å²) in [7, 11) is 0. The molecule has 1 amide bonds. The molecule has 1 fully saturated rings. The maximum atomic E-state index is 12.9. The second-order valence-corrected chi connectivity index (χ2v) is 5.02. The summed E-state index contributed by atoms with van der Waals surface area (Å²) >= 11 is 0. The maximum Gasteiger partial charge on any atom is 0.411 e. The molecule has 0 atom stereocenters. The van der Waals surface area contributed by atoms with E-state index in [-0.39, 0.29) is 19.4 Å². The van der Waals surface area contributed by atoms with Crippen LogP contribution in [0.2, 0.25) is 0 Å². The van der Waals surface area contributed by atoms with Crippen molar-refractivity contribution >= 4 is 11.6 Å². The number of nitriles is 1. The number of rotatable bonds is 4. The van der Waals surface area contributed by atoms with Crippen LogP contribution >= 0.6 is 0 Å². The molecule has 7 heteroatoms. The fourth-order valence-electron chi connectivity index (χ4n) is 2.17. The second kappa shape index (κ2) is 5.64. The van der Waals surface area contributed by atoms with E-state index < -0.39 is 17.6 Å². The smallest absolute Gasteiger partial charge is 0.376 e. The quantitative estimate of drug-likeness (QED) is 0.897. The summed E-state index contributed by atoms with van der Waals surface area (Å²) in [6, 6.07) is 8.25. The van der Waals surface area contributed by atoms with Crippen molar-refractivity contribution in [3.63, 3.8) is 0 Å². The van der Waals surface area contributed by atoms with Gasteiger partial charge in [-0.1, -0.05) is 0 Å². The number of nitrogens with zero attached hydrogens (tertiary/aromatic N) is 1. The van der Waals surface area contributed by atoms with E-state index in [1.165, 1.54) is 0 Å². The molecular formula is C14H14F3N3O. The van der Waals surface area contributed by atoms with Gasteiger partial charge >= 0.3 is 6.18 Å². The summed E-state index contributed by atoms with van der Waals surface area (Å²) in [6.07, 6.45) is -4.10. The Balaban J connectivity index is 1.89. The van der Waals surface area contributed by atoms with E-state index in [0.29, 0.717) is 17.7 Å². The first-order valence-electron chi connectivity index (χ1n) is 6.48. The zero-order valence-electron chi connectivity index (χ0n) is 11.1. The summed E-state index contributed by atoms with van der Waals surface area (Å²) in [5.41, 5.74) is -1.02. The van der Waals surface area contributed by atoms with Gasteiger partial charge in [0.1, 0.15) is 5.54 Å². The molecule has 0 unspecified atom stereocenters. The van der Waals surface area contributed by atoms with Crippen LogP contribution in [0, 0.1) is 11.3 Å². The van der Waals surface area contributed by atoms with Crippen LogP contribution in [-0.4, -0.2) is 24.2 Å². The van der Waals surface area contributed by atoms with Crippen molar-refractivity contribution in [2.45, 2.75) is 31.0 Å². The van der Waals surface area contributed by atoms with Gasteiger partial charge in [-0.15, -0.1) is 0 Å². The largest absolute Gasteiger partial charge is 0.411 e. The number of carbonyl (C=O) groups excluding carboxylic acids is 1. The summed E-state index contributed by atoms with van der Waals surface area (Å²) in [5, 5.41) is 13.5. The van der Waals surface area contributed by atoms with E-state index in [0.717, 1.165) is 0 Å². The average molecular weight is 297 g/mol. The van der Waals surface area contributed by atoms with Crippen LogP contribution in [0.1, 0.15) is 24.8 Å². The Morgan fingerprint density at radius 1 is 1.29 bits per heavy atom. The number of hydrogen-bond acceptors (Lipinski definition) is 3. The molecule has 1 aliphatic carbocycles. The number of amides is 1. The topological polar surface area (TPSA) is 64.9 Å². The van der Waals surface area contributed by atoms with Gasteiger partial charge in [-0.2, -0.15) is 18.4 Å². The molecule has 0 heterocycles. The molecule has 2 rings (SSSR count). The molecular weight excluding hydrogens is 283 g/mol. The number of hydrogen-bond donors (Lipinski definition) is 2. The van der Waals surface area contributed by atoms with Crippen molar-refractivity contribution in [3.05, 3.63) is 29.8 Å². The minimum absolute atomic E-state index is 0.0703. The molecule has 0 aliphatic heterocycles. The lowest BCUT2D eigenvalue weighted by Crippen LogP contribution is -2.63. The van der Waals surface area contributed by atoms with Gasteiger partial charge in [0, 0.05) is 5.69 Å². The highest BCUT2D eigenvalue weighted by Gasteiger charge is 2.59. The maximum absolute atomic E-state index is 12.9. The summed E-state index contributed by atoms with van der Waals surface area (Å²) in [5.74, 6) is -0.698. The Labute approximate surface area is 119 Å². The van der Waals surface area contributed by atoms with Gasteiger partial charge < -0.3 is 10.6 Å². The number of carbonyl (C=O) groups is 1. The number of halogens is 3. The van der Waals surface area contributed by atoms with Crippen molar-refractivity contribution in [2.24, 2.45) is 0 Å². The molecule has 2 N–H and O–H groups in total. The van der Waals surface area contributed by atoms with Crippen LogP contribution in [0.25, 0.3) is 0 Å². The fourth-order valence-corrected chi connectivity index (χ4v) is 2.17. The SMILES string of the molecule is N#Cc1ccc(NCC(=O)NC2(C(F)(F)F)CCC2)cc1.